The van der Waals surface area contributed by atoms with Crippen molar-refractivity contribution < 1.29 is 13.2 Å². The molecule has 0 bridgehead atoms. The summed E-state index contributed by atoms with van der Waals surface area (Å²) in [5, 5.41) is 0. The smallest absolute Gasteiger partial charge is 0.252 e. The topological polar surface area (TPSA) is 83.7 Å². The van der Waals surface area contributed by atoms with Gasteiger partial charge in [0.15, 0.2) is 0 Å². The third-order valence-corrected chi connectivity index (χ3v) is 6.69. The lowest BCUT2D eigenvalue weighted by Gasteiger charge is -2.33. The fraction of sp³-hybridized carbons (Fsp3) is 0.545. The molecule has 0 saturated carbocycles. The number of carbonyl (C=O) groups is 1. The molecule has 0 aromatic carbocycles. The van der Waals surface area contributed by atoms with Crippen LogP contribution in [0.4, 0.5) is 0 Å². The summed E-state index contributed by atoms with van der Waals surface area (Å²) >= 11 is 6.82. The van der Waals surface area contributed by atoms with Crippen molar-refractivity contribution in [2.45, 2.75) is 10.6 Å². The monoisotopic (exact) mass is 373 g/mol. The Morgan fingerprint density at radius 1 is 1.29 bits per heavy atom. The van der Waals surface area contributed by atoms with E-state index in [-0.39, 0.29) is 22.5 Å². The third kappa shape index (κ3) is 4.30. The van der Waals surface area contributed by atoms with Gasteiger partial charge in [-0.1, -0.05) is 11.6 Å². The highest BCUT2D eigenvalue weighted by Gasteiger charge is 2.30. The van der Waals surface area contributed by atoms with Crippen molar-refractivity contribution in [3.63, 3.8) is 0 Å². The second-order valence-electron chi connectivity index (χ2n) is 4.38. The molecule has 1 amide bonds. The van der Waals surface area contributed by atoms with E-state index < -0.39 is 10.0 Å². The van der Waals surface area contributed by atoms with Gasteiger partial charge in [0, 0.05) is 39.1 Å². The molecule has 1 saturated heterocycles. The van der Waals surface area contributed by atoms with Gasteiger partial charge in [0.05, 0.1) is 4.34 Å². The molecule has 1 aromatic rings. The molecule has 0 radical (unpaired) electrons. The molecule has 0 spiro atoms. The summed E-state index contributed by atoms with van der Waals surface area (Å²) in [5.41, 5.74) is 5.35. The van der Waals surface area contributed by atoms with Crippen molar-refractivity contribution in [2.75, 3.05) is 32.7 Å². The van der Waals surface area contributed by atoms with Gasteiger partial charge in [-0.2, -0.15) is 4.31 Å². The zero-order valence-electron chi connectivity index (χ0n) is 11.2. The van der Waals surface area contributed by atoms with Crippen molar-refractivity contribution in [1.29, 1.82) is 0 Å². The second kappa shape index (κ2) is 7.75. The molecule has 1 aliphatic heterocycles. The summed E-state index contributed by atoms with van der Waals surface area (Å²) in [6, 6.07) is 3.08. The van der Waals surface area contributed by atoms with Gasteiger partial charge in [0.25, 0.3) is 10.0 Å². The predicted octanol–water partition coefficient (Wildman–Crippen LogP) is 1.01. The van der Waals surface area contributed by atoms with Crippen LogP contribution >= 0.6 is 35.3 Å². The number of hydrogen-bond acceptors (Lipinski definition) is 5. The molecule has 0 aliphatic carbocycles. The maximum Gasteiger partial charge on any atom is 0.252 e. The first-order valence-electron chi connectivity index (χ1n) is 6.18. The van der Waals surface area contributed by atoms with Crippen LogP contribution in [0.3, 0.4) is 0 Å². The molecule has 21 heavy (non-hydrogen) atoms. The first kappa shape index (κ1) is 18.7. The lowest BCUT2D eigenvalue weighted by Crippen LogP contribution is -2.50. The van der Waals surface area contributed by atoms with E-state index >= 15 is 0 Å². The fourth-order valence-electron chi connectivity index (χ4n) is 2.02. The van der Waals surface area contributed by atoms with Gasteiger partial charge in [-0.3, -0.25) is 4.79 Å². The second-order valence-corrected chi connectivity index (χ2v) is 8.26. The predicted molar refractivity (Wildman–Crippen MR) is 85.6 cm³/mol. The molecule has 2 heterocycles. The Kier molecular flexibility index (Phi) is 6.89. The Labute approximate surface area is 139 Å². The van der Waals surface area contributed by atoms with Crippen LogP contribution in [-0.4, -0.2) is 56.3 Å². The number of amides is 1. The van der Waals surface area contributed by atoms with Crippen LogP contribution < -0.4 is 5.73 Å². The van der Waals surface area contributed by atoms with E-state index in [4.69, 9.17) is 17.3 Å². The highest BCUT2D eigenvalue weighted by molar-refractivity contribution is 7.91. The van der Waals surface area contributed by atoms with E-state index in [0.29, 0.717) is 43.5 Å². The minimum absolute atomic E-state index is 0. The lowest BCUT2D eigenvalue weighted by atomic mass is 10.3. The summed E-state index contributed by atoms with van der Waals surface area (Å²) in [4.78, 5) is 13.3. The highest BCUT2D eigenvalue weighted by atomic mass is 35.5. The molecular formula is C11H17Cl2N3O3S2. The van der Waals surface area contributed by atoms with E-state index in [0.717, 1.165) is 11.3 Å². The minimum atomic E-state index is -3.50. The van der Waals surface area contributed by atoms with Gasteiger partial charge in [0.1, 0.15) is 4.21 Å². The fourth-order valence-corrected chi connectivity index (χ4v) is 5.08. The van der Waals surface area contributed by atoms with Gasteiger partial charge < -0.3 is 10.6 Å². The zero-order chi connectivity index (χ0) is 14.8. The van der Waals surface area contributed by atoms with Crippen LogP contribution in [0.2, 0.25) is 4.34 Å². The number of thiophene rings is 1. The van der Waals surface area contributed by atoms with E-state index in [1.54, 1.807) is 11.0 Å². The molecular weight excluding hydrogens is 357 g/mol. The molecule has 10 heteroatoms. The number of carbonyl (C=O) groups excluding carboxylic acids is 1. The zero-order valence-corrected chi connectivity index (χ0v) is 14.4. The normalized spacial score (nSPS) is 16.6. The number of rotatable bonds is 4. The molecule has 1 aromatic heterocycles. The number of hydrogen-bond donors (Lipinski definition) is 1. The van der Waals surface area contributed by atoms with Gasteiger partial charge in [-0.25, -0.2) is 8.42 Å². The summed E-state index contributed by atoms with van der Waals surface area (Å²) in [6.45, 7) is 1.71. The largest absolute Gasteiger partial charge is 0.340 e. The highest BCUT2D eigenvalue weighted by Crippen LogP contribution is 2.28. The van der Waals surface area contributed by atoms with Gasteiger partial charge in [-0.05, 0) is 12.1 Å². The van der Waals surface area contributed by atoms with Gasteiger partial charge in [-0.15, -0.1) is 23.7 Å². The Hall–Kier alpha value is -0.380. The number of piperazine rings is 1. The quantitative estimate of drug-likeness (QED) is 0.853. The van der Waals surface area contributed by atoms with Crippen molar-refractivity contribution in [3.05, 3.63) is 16.5 Å². The molecule has 1 aliphatic rings. The average molecular weight is 374 g/mol. The SMILES string of the molecule is Cl.NCCC(=O)N1CCN(S(=O)(=O)c2ccc(Cl)s2)CC1. The Balaban J connectivity index is 0.00000220. The van der Waals surface area contributed by atoms with Crippen LogP contribution in [0.15, 0.2) is 16.3 Å². The average Bonchev–Trinajstić information content (AvgIpc) is 2.86. The van der Waals surface area contributed by atoms with Crippen LogP contribution in [0.1, 0.15) is 6.42 Å². The molecule has 6 nitrogen and oxygen atoms in total. The van der Waals surface area contributed by atoms with E-state index in [9.17, 15) is 13.2 Å². The van der Waals surface area contributed by atoms with Crippen LogP contribution in [0, 0.1) is 0 Å². The van der Waals surface area contributed by atoms with Crippen molar-refractivity contribution >= 4 is 51.3 Å². The summed E-state index contributed by atoms with van der Waals surface area (Å²) in [7, 11) is -3.50. The summed E-state index contributed by atoms with van der Waals surface area (Å²) in [5.74, 6) is -0.0243. The number of sulfonamides is 1. The number of nitrogens with zero attached hydrogens (tertiary/aromatic N) is 2. The molecule has 1 fully saturated rings. The molecule has 0 atom stereocenters. The number of nitrogens with two attached hydrogens (primary N) is 1. The summed E-state index contributed by atoms with van der Waals surface area (Å²) in [6.07, 6.45) is 0.299. The third-order valence-electron chi connectivity index (χ3n) is 3.09. The Morgan fingerprint density at radius 3 is 2.38 bits per heavy atom. The van der Waals surface area contributed by atoms with Gasteiger partial charge in [0.2, 0.25) is 5.91 Å². The van der Waals surface area contributed by atoms with Crippen molar-refractivity contribution in [3.8, 4) is 0 Å². The number of halogens is 2. The van der Waals surface area contributed by atoms with Crippen molar-refractivity contribution in [2.24, 2.45) is 5.73 Å². The Morgan fingerprint density at radius 2 is 1.90 bits per heavy atom. The molecule has 0 unspecified atom stereocenters. The van der Waals surface area contributed by atoms with E-state index in [2.05, 4.69) is 0 Å². The molecule has 2 N–H and O–H groups in total. The minimum Gasteiger partial charge on any atom is -0.340 e. The van der Waals surface area contributed by atoms with Crippen molar-refractivity contribution in [1.82, 2.24) is 9.21 Å². The van der Waals surface area contributed by atoms with Crippen LogP contribution in [0.25, 0.3) is 0 Å². The van der Waals surface area contributed by atoms with Gasteiger partial charge >= 0.3 is 0 Å². The van der Waals surface area contributed by atoms with E-state index in [1.807, 2.05) is 0 Å². The molecule has 2 rings (SSSR count). The first-order valence-corrected chi connectivity index (χ1v) is 8.82. The lowest BCUT2D eigenvalue weighted by molar-refractivity contribution is -0.132. The maximum atomic E-state index is 12.4. The standard InChI is InChI=1S/C11H16ClN3O3S2.ClH/c12-9-1-2-11(19-9)20(17,18)15-7-5-14(6-8-15)10(16)3-4-13;/h1-2H,3-8,13H2;1H. The first-order chi connectivity index (χ1) is 9.45. The van der Waals surface area contributed by atoms with Crippen LogP contribution in [0.5, 0.6) is 0 Å². The summed E-state index contributed by atoms with van der Waals surface area (Å²) < 4.78 is 26.8. The maximum absolute atomic E-state index is 12.4. The van der Waals surface area contributed by atoms with Crippen LogP contribution in [-0.2, 0) is 14.8 Å². The van der Waals surface area contributed by atoms with E-state index in [1.165, 1.54) is 10.4 Å². The molecule has 120 valence electrons. The Bertz CT molecular complexity index is 583.